The first-order valence-corrected chi connectivity index (χ1v) is 10.3. The van der Waals surface area contributed by atoms with E-state index in [2.05, 4.69) is 20.6 Å². The number of anilines is 1. The summed E-state index contributed by atoms with van der Waals surface area (Å²) >= 11 is 0. The topological polar surface area (TPSA) is 109 Å². The number of fused-ring (bicyclic) bond motifs is 1. The molecule has 8 heteroatoms. The summed E-state index contributed by atoms with van der Waals surface area (Å²) in [5.41, 5.74) is 1.84. The molecular formula is C22H25N5O3. The Morgan fingerprint density at radius 2 is 2.00 bits per heavy atom. The molecule has 1 aromatic carbocycles. The smallest absolute Gasteiger partial charge is 0.263 e. The average molecular weight is 407 g/mol. The zero-order valence-corrected chi connectivity index (χ0v) is 16.9. The summed E-state index contributed by atoms with van der Waals surface area (Å²) in [6.07, 6.45) is 6.76. The third kappa shape index (κ3) is 4.42. The highest BCUT2D eigenvalue weighted by Gasteiger charge is 2.19. The molecule has 3 aromatic rings. The van der Waals surface area contributed by atoms with Crippen molar-refractivity contribution >= 4 is 28.5 Å². The zero-order chi connectivity index (χ0) is 21.1. The van der Waals surface area contributed by atoms with Crippen molar-refractivity contribution in [1.29, 1.82) is 0 Å². The number of amides is 2. The lowest BCUT2D eigenvalue weighted by Gasteiger charge is -2.22. The monoisotopic (exact) mass is 407 g/mol. The van der Waals surface area contributed by atoms with E-state index in [4.69, 9.17) is 0 Å². The van der Waals surface area contributed by atoms with Crippen molar-refractivity contribution in [3.05, 3.63) is 58.3 Å². The highest BCUT2D eigenvalue weighted by atomic mass is 16.2. The molecule has 1 aliphatic rings. The molecule has 30 heavy (non-hydrogen) atoms. The predicted octanol–water partition coefficient (Wildman–Crippen LogP) is 2.73. The number of hydrogen-bond donors (Lipinski definition) is 3. The highest BCUT2D eigenvalue weighted by Crippen LogP contribution is 2.18. The zero-order valence-electron chi connectivity index (χ0n) is 16.9. The lowest BCUT2D eigenvalue weighted by molar-refractivity contribution is -0.116. The molecule has 8 nitrogen and oxygen atoms in total. The van der Waals surface area contributed by atoms with Crippen molar-refractivity contribution < 1.29 is 9.59 Å². The maximum Gasteiger partial charge on any atom is 0.263 e. The fraction of sp³-hybridized carbons (Fsp3) is 0.364. The van der Waals surface area contributed by atoms with Crippen LogP contribution in [0, 0.1) is 6.92 Å². The van der Waals surface area contributed by atoms with Crippen LogP contribution in [-0.4, -0.2) is 32.4 Å². The molecule has 156 valence electrons. The number of rotatable bonds is 5. The van der Waals surface area contributed by atoms with Gasteiger partial charge in [0.15, 0.2) is 0 Å². The molecule has 2 heterocycles. The number of nitrogens with zero attached hydrogens (tertiary/aromatic N) is 2. The van der Waals surface area contributed by atoms with E-state index in [1.807, 2.05) is 13.0 Å². The molecule has 0 atom stereocenters. The molecule has 4 rings (SSSR count). The molecule has 0 radical (unpaired) electrons. The second-order valence-electron chi connectivity index (χ2n) is 7.77. The van der Waals surface area contributed by atoms with Crippen molar-refractivity contribution in [3.63, 3.8) is 0 Å². The largest absolute Gasteiger partial charge is 0.349 e. The van der Waals surface area contributed by atoms with E-state index < -0.39 is 5.56 Å². The lowest BCUT2D eigenvalue weighted by atomic mass is 9.95. The number of carbonyl (C=O) groups excluding carboxylic acids is 2. The fourth-order valence-electron chi connectivity index (χ4n) is 3.91. The molecule has 0 spiro atoms. The van der Waals surface area contributed by atoms with Crippen molar-refractivity contribution in [3.8, 4) is 0 Å². The molecule has 1 aliphatic carbocycles. The molecule has 1 saturated carbocycles. The van der Waals surface area contributed by atoms with Crippen molar-refractivity contribution in [1.82, 2.24) is 19.9 Å². The van der Waals surface area contributed by atoms with Crippen LogP contribution in [0.2, 0.25) is 0 Å². The van der Waals surface area contributed by atoms with Crippen LogP contribution in [0.3, 0.4) is 0 Å². The Hall–Kier alpha value is -3.42. The van der Waals surface area contributed by atoms with Crippen molar-refractivity contribution in [2.45, 2.75) is 51.6 Å². The molecule has 2 aromatic heterocycles. The van der Waals surface area contributed by atoms with Crippen LogP contribution in [0.4, 0.5) is 5.69 Å². The number of pyridine rings is 1. The van der Waals surface area contributed by atoms with Gasteiger partial charge in [-0.15, -0.1) is 0 Å². The summed E-state index contributed by atoms with van der Waals surface area (Å²) in [5.74, 6) is 0.0718. The highest BCUT2D eigenvalue weighted by molar-refractivity contribution is 5.95. The van der Waals surface area contributed by atoms with Gasteiger partial charge in [0.05, 0.1) is 11.0 Å². The summed E-state index contributed by atoms with van der Waals surface area (Å²) in [5, 5.41) is 5.74. The van der Waals surface area contributed by atoms with Gasteiger partial charge in [0.2, 0.25) is 5.91 Å². The first kappa shape index (κ1) is 19.9. The maximum atomic E-state index is 12.7. The Labute approximate surface area is 173 Å². The Balaban J connectivity index is 1.44. The Morgan fingerprint density at radius 3 is 2.80 bits per heavy atom. The number of aryl methyl sites for hydroxylation is 1. The third-order valence-electron chi connectivity index (χ3n) is 5.40. The van der Waals surface area contributed by atoms with E-state index >= 15 is 0 Å². The molecule has 0 saturated heterocycles. The molecule has 1 fully saturated rings. The summed E-state index contributed by atoms with van der Waals surface area (Å²) in [6, 6.07) is 8.61. The number of H-pyrrole nitrogens is 1. The van der Waals surface area contributed by atoms with Gasteiger partial charge in [0, 0.05) is 17.9 Å². The van der Waals surface area contributed by atoms with Gasteiger partial charge in [-0.1, -0.05) is 19.3 Å². The van der Waals surface area contributed by atoms with Gasteiger partial charge in [-0.05, 0) is 50.1 Å². The minimum Gasteiger partial charge on any atom is -0.349 e. The minimum atomic E-state index is -0.472. The number of hydrogen-bond acceptors (Lipinski definition) is 4. The van der Waals surface area contributed by atoms with Gasteiger partial charge < -0.3 is 20.2 Å². The second kappa shape index (κ2) is 8.52. The number of aromatic nitrogens is 3. The van der Waals surface area contributed by atoms with Crippen LogP contribution >= 0.6 is 0 Å². The predicted molar refractivity (Wildman–Crippen MR) is 115 cm³/mol. The van der Waals surface area contributed by atoms with E-state index in [0.29, 0.717) is 5.69 Å². The first-order chi connectivity index (χ1) is 14.5. The van der Waals surface area contributed by atoms with Gasteiger partial charge in [-0.2, -0.15) is 0 Å². The number of aromatic amines is 1. The summed E-state index contributed by atoms with van der Waals surface area (Å²) in [7, 11) is 0. The normalized spacial score (nSPS) is 14.6. The van der Waals surface area contributed by atoms with E-state index in [1.54, 1.807) is 18.2 Å². The van der Waals surface area contributed by atoms with E-state index in [9.17, 15) is 14.4 Å². The fourth-order valence-corrected chi connectivity index (χ4v) is 3.91. The lowest BCUT2D eigenvalue weighted by Crippen LogP contribution is -2.40. The van der Waals surface area contributed by atoms with Gasteiger partial charge in [0.1, 0.15) is 17.9 Å². The summed E-state index contributed by atoms with van der Waals surface area (Å²) in [4.78, 5) is 45.2. The Kier molecular flexibility index (Phi) is 5.65. The number of carbonyl (C=O) groups is 2. The number of nitrogens with one attached hydrogen (secondary N) is 3. The minimum absolute atomic E-state index is 0.0604. The van der Waals surface area contributed by atoms with Crippen LogP contribution in [-0.2, 0) is 11.3 Å². The van der Waals surface area contributed by atoms with Gasteiger partial charge >= 0.3 is 0 Å². The van der Waals surface area contributed by atoms with Crippen molar-refractivity contribution in [2.75, 3.05) is 5.32 Å². The summed E-state index contributed by atoms with van der Waals surface area (Å²) < 4.78 is 1.25. The third-order valence-corrected chi connectivity index (χ3v) is 5.40. The number of imidazole rings is 1. The quantitative estimate of drug-likeness (QED) is 0.604. The molecule has 3 N–H and O–H groups in total. The van der Waals surface area contributed by atoms with Gasteiger partial charge in [0.25, 0.3) is 11.5 Å². The maximum absolute atomic E-state index is 12.7. The van der Waals surface area contributed by atoms with Crippen LogP contribution in [0.25, 0.3) is 11.0 Å². The molecule has 0 aliphatic heterocycles. The van der Waals surface area contributed by atoms with Crippen LogP contribution in [0.15, 0.2) is 41.3 Å². The molecule has 0 bridgehead atoms. The molecular weight excluding hydrogens is 382 g/mol. The molecule has 2 amide bonds. The van der Waals surface area contributed by atoms with Crippen molar-refractivity contribution in [2.24, 2.45) is 0 Å². The van der Waals surface area contributed by atoms with Crippen LogP contribution < -0.4 is 16.2 Å². The van der Waals surface area contributed by atoms with Crippen LogP contribution in [0.5, 0.6) is 0 Å². The SMILES string of the molecule is Cc1nc2ccc(NC(=O)Cn3cccc(C(=O)NC4CCCCC4)c3=O)cc2[nH]1. The van der Waals surface area contributed by atoms with Gasteiger partial charge in [-0.25, -0.2) is 4.98 Å². The van der Waals surface area contributed by atoms with Crippen LogP contribution in [0.1, 0.15) is 48.3 Å². The van der Waals surface area contributed by atoms with E-state index in [-0.39, 0.29) is 30.0 Å². The second-order valence-corrected chi connectivity index (χ2v) is 7.77. The number of benzene rings is 1. The molecule has 0 unspecified atom stereocenters. The first-order valence-electron chi connectivity index (χ1n) is 10.3. The van der Waals surface area contributed by atoms with E-state index in [0.717, 1.165) is 42.5 Å². The Bertz CT molecular complexity index is 1140. The van der Waals surface area contributed by atoms with Gasteiger partial charge in [-0.3, -0.25) is 14.4 Å². The standard InChI is InChI=1S/C22H25N5O3/c1-14-23-18-10-9-16(12-19(18)24-14)25-20(28)13-27-11-5-8-17(22(27)30)21(29)26-15-6-3-2-4-7-15/h5,8-12,15H,2-4,6-7,13H2,1H3,(H,23,24)(H,25,28)(H,26,29). The Morgan fingerprint density at radius 1 is 1.20 bits per heavy atom. The van der Waals surface area contributed by atoms with E-state index in [1.165, 1.54) is 23.3 Å². The summed E-state index contributed by atoms with van der Waals surface area (Å²) in [6.45, 7) is 1.69. The average Bonchev–Trinajstić information content (AvgIpc) is 3.09.